The maximum absolute atomic E-state index is 13.6. The highest BCUT2D eigenvalue weighted by Crippen LogP contribution is 2.45. The largest absolute Gasteiger partial charge is 0.418 e. The molecule has 0 amide bonds. The van der Waals surface area contributed by atoms with Gasteiger partial charge in [-0.15, -0.1) is 0 Å². The molecule has 0 bridgehead atoms. The van der Waals surface area contributed by atoms with Gasteiger partial charge in [0.25, 0.3) is 0 Å². The van der Waals surface area contributed by atoms with E-state index in [9.17, 15) is 18.0 Å². The van der Waals surface area contributed by atoms with E-state index in [1.807, 2.05) is 0 Å². The number of hydrazine groups is 1. The Morgan fingerprint density at radius 3 is 2.56 bits per heavy atom. The summed E-state index contributed by atoms with van der Waals surface area (Å²) in [5.41, 5.74) is 5.50. The van der Waals surface area contributed by atoms with E-state index in [0.717, 1.165) is 49.2 Å². The van der Waals surface area contributed by atoms with E-state index < -0.39 is 11.7 Å². The van der Waals surface area contributed by atoms with Gasteiger partial charge in [-0.05, 0) is 56.2 Å². The second-order valence-corrected chi connectivity index (χ2v) is 10.6. The molecular weight excluding hydrogens is 443 g/mol. The number of hydrogen-bond donors (Lipinski definition) is 2. The molecule has 3 aliphatic rings. The Balaban J connectivity index is 1.42. The third kappa shape index (κ3) is 4.66. The molecule has 0 aromatic carbocycles. The van der Waals surface area contributed by atoms with Crippen molar-refractivity contribution in [2.45, 2.75) is 82.6 Å². The minimum atomic E-state index is -4.49. The molecule has 2 aromatic rings. The molecule has 188 valence electrons. The van der Waals surface area contributed by atoms with Crippen molar-refractivity contribution in [3.8, 4) is 0 Å². The van der Waals surface area contributed by atoms with Crippen LogP contribution in [0.25, 0.3) is 5.52 Å². The van der Waals surface area contributed by atoms with E-state index >= 15 is 0 Å². The average molecular weight is 480 g/mol. The lowest BCUT2D eigenvalue weighted by Crippen LogP contribution is -2.41. The van der Waals surface area contributed by atoms with Crippen molar-refractivity contribution in [3.63, 3.8) is 0 Å². The number of nitrogens with one attached hydrogen (secondary N) is 2. The summed E-state index contributed by atoms with van der Waals surface area (Å²) in [5.74, 6) is 1.73. The highest BCUT2D eigenvalue weighted by Gasteiger charge is 2.38. The molecule has 2 aliphatic carbocycles. The quantitative estimate of drug-likeness (QED) is 0.649. The number of aromatic nitrogens is 2. The van der Waals surface area contributed by atoms with Crippen molar-refractivity contribution in [1.29, 1.82) is 0 Å². The smallest absolute Gasteiger partial charge is 0.295 e. The Morgan fingerprint density at radius 1 is 1.09 bits per heavy atom. The van der Waals surface area contributed by atoms with E-state index in [-0.39, 0.29) is 17.2 Å². The SMILES string of the molecule is CN1CNNC1CC(C1CCCCC1)C1CCCC(n2cc3c(C(F)(F)F)cccn3c2=O)C1. The second kappa shape index (κ2) is 9.66. The van der Waals surface area contributed by atoms with E-state index in [1.165, 1.54) is 50.6 Å². The van der Waals surface area contributed by atoms with Gasteiger partial charge in [-0.25, -0.2) is 15.6 Å². The molecule has 2 saturated carbocycles. The summed E-state index contributed by atoms with van der Waals surface area (Å²) in [4.78, 5) is 15.4. The molecule has 3 heterocycles. The highest BCUT2D eigenvalue weighted by atomic mass is 19.4. The number of halogens is 3. The van der Waals surface area contributed by atoms with Crippen LogP contribution in [-0.2, 0) is 6.18 Å². The molecule has 1 saturated heterocycles. The van der Waals surface area contributed by atoms with Gasteiger partial charge in [0.1, 0.15) is 0 Å². The van der Waals surface area contributed by atoms with Gasteiger partial charge >= 0.3 is 11.9 Å². The molecule has 9 heteroatoms. The Morgan fingerprint density at radius 2 is 1.85 bits per heavy atom. The second-order valence-electron chi connectivity index (χ2n) is 10.6. The van der Waals surface area contributed by atoms with Crippen LogP contribution in [0.4, 0.5) is 13.2 Å². The van der Waals surface area contributed by atoms with Crippen molar-refractivity contribution >= 4 is 5.52 Å². The fraction of sp³-hybridized carbons (Fsp3) is 0.720. The third-order valence-electron chi connectivity index (χ3n) is 8.59. The number of alkyl halides is 3. The summed E-state index contributed by atoms with van der Waals surface area (Å²) in [5, 5.41) is 0. The van der Waals surface area contributed by atoms with Crippen molar-refractivity contribution < 1.29 is 13.2 Å². The summed E-state index contributed by atoms with van der Waals surface area (Å²) < 4.78 is 43.4. The fourth-order valence-electron chi connectivity index (χ4n) is 6.81. The summed E-state index contributed by atoms with van der Waals surface area (Å²) in [7, 11) is 2.13. The predicted molar refractivity (Wildman–Crippen MR) is 125 cm³/mol. The number of hydrogen-bond acceptors (Lipinski definition) is 4. The lowest BCUT2D eigenvalue weighted by Gasteiger charge is -2.41. The van der Waals surface area contributed by atoms with Crippen molar-refractivity contribution in [3.05, 3.63) is 40.6 Å². The van der Waals surface area contributed by atoms with E-state index in [0.29, 0.717) is 23.9 Å². The van der Waals surface area contributed by atoms with Gasteiger partial charge in [0.2, 0.25) is 0 Å². The third-order valence-corrected chi connectivity index (χ3v) is 8.59. The molecule has 3 fully saturated rings. The van der Waals surface area contributed by atoms with Crippen LogP contribution in [0.15, 0.2) is 29.3 Å². The summed E-state index contributed by atoms with van der Waals surface area (Å²) in [6.45, 7) is 0.823. The summed E-state index contributed by atoms with van der Waals surface area (Å²) >= 11 is 0. The maximum Gasteiger partial charge on any atom is 0.418 e. The summed E-state index contributed by atoms with van der Waals surface area (Å²) in [6, 6.07) is 2.32. The molecule has 4 atom stereocenters. The van der Waals surface area contributed by atoms with Crippen LogP contribution in [-0.4, -0.2) is 33.7 Å². The standard InChI is InChI=1S/C25H36F3N5O/c1-31-16-29-30-23(31)14-20(17-7-3-2-4-8-17)18-9-5-10-19(13-18)33-15-22-21(25(26,27)28)11-6-12-32(22)24(33)34/h6,11-12,15,17-20,23,29-30H,2-5,7-10,13-14,16H2,1H3. The molecule has 0 spiro atoms. The van der Waals surface area contributed by atoms with Crippen molar-refractivity contribution in [1.82, 2.24) is 24.7 Å². The minimum absolute atomic E-state index is 0.0474. The number of fused-ring (bicyclic) bond motifs is 1. The van der Waals surface area contributed by atoms with Gasteiger partial charge in [0.05, 0.1) is 23.9 Å². The van der Waals surface area contributed by atoms with Crippen molar-refractivity contribution in [2.24, 2.45) is 17.8 Å². The van der Waals surface area contributed by atoms with E-state index in [2.05, 4.69) is 22.8 Å². The molecule has 2 aromatic heterocycles. The van der Waals surface area contributed by atoms with Gasteiger partial charge in [-0.3, -0.25) is 13.9 Å². The first-order valence-electron chi connectivity index (χ1n) is 12.8. The van der Waals surface area contributed by atoms with Crippen LogP contribution >= 0.6 is 0 Å². The highest BCUT2D eigenvalue weighted by molar-refractivity contribution is 5.55. The van der Waals surface area contributed by atoms with Crippen LogP contribution in [0.5, 0.6) is 0 Å². The molecule has 1 aliphatic heterocycles. The molecule has 0 radical (unpaired) electrons. The number of nitrogens with zero attached hydrogens (tertiary/aromatic N) is 3. The van der Waals surface area contributed by atoms with Gasteiger partial charge in [-0.1, -0.05) is 44.9 Å². The number of rotatable bonds is 5. The fourth-order valence-corrected chi connectivity index (χ4v) is 6.81. The monoisotopic (exact) mass is 479 g/mol. The molecule has 6 nitrogen and oxygen atoms in total. The minimum Gasteiger partial charge on any atom is -0.295 e. The lowest BCUT2D eigenvalue weighted by molar-refractivity contribution is -0.136. The zero-order valence-electron chi connectivity index (χ0n) is 19.9. The lowest BCUT2D eigenvalue weighted by atomic mass is 9.67. The first-order valence-corrected chi connectivity index (χ1v) is 12.8. The first kappa shape index (κ1) is 23.9. The average Bonchev–Trinajstić information content (AvgIpc) is 3.40. The van der Waals surface area contributed by atoms with Crippen LogP contribution in [0.3, 0.4) is 0 Å². The topological polar surface area (TPSA) is 53.7 Å². The van der Waals surface area contributed by atoms with Crippen molar-refractivity contribution in [2.75, 3.05) is 13.7 Å². The Kier molecular flexibility index (Phi) is 6.79. The zero-order chi connectivity index (χ0) is 23.9. The van der Waals surface area contributed by atoms with E-state index in [1.54, 1.807) is 4.57 Å². The Hall–Kier alpha value is -1.84. The first-order chi connectivity index (χ1) is 16.3. The van der Waals surface area contributed by atoms with Gasteiger partial charge in [0.15, 0.2) is 0 Å². The Bertz CT molecular complexity index is 1040. The Labute approximate surface area is 198 Å². The number of pyridine rings is 1. The van der Waals surface area contributed by atoms with Crippen LogP contribution in [0.1, 0.15) is 75.8 Å². The van der Waals surface area contributed by atoms with Gasteiger partial charge < -0.3 is 0 Å². The normalized spacial score (nSPS) is 28.5. The number of imidazole rings is 1. The molecule has 2 N–H and O–H groups in total. The van der Waals surface area contributed by atoms with Gasteiger partial charge in [-0.2, -0.15) is 13.2 Å². The molecule has 4 unspecified atom stereocenters. The summed E-state index contributed by atoms with van der Waals surface area (Å²) in [6.07, 6.45) is 10.0. The predicted octanol–water partition coefficient (Wildman–Crippen LogP) is 4.76. The van der Waals surface area contributed by atoms with Gasteiger partial charge in [0, 0.05) is 18.4 Å². The molecule has 34 heavy (non-hydrogen) atoms. The maximum atomic E-state index is 13.6. The van der Waals surface area contributed by atoms with Crippen LogP contribution in [0, 0.1) is 17.8 Å². The van der Waals surface area contributed by atoms with Crippen LogP contribution in [0.2, 0.25) is 0 Å². The van der Waals surface area contributed by atoms with E-state index in [4.69, 9.17) is 0 Å². The zero-order valence-corrected chi connectivity index (χ0v) is 19.9. The molecule has 5 rings (SSSR count). The van der Waals surface area contributed by atoms with Crippen LogP contribution < -0.4 is 16.5 Å². The molecular formula is C25H36F3N5O.